The lowest BCUT2D eigenvalue weighted by Gasteiger charge is -2.23. The second-order valence-corrected chi connectivity index (χ2v) is 9.76. The first kappa shape index (κ1) is 24.2. The van der Waals surface area contributed by atoms with Crippen molar-refractivity contribution in [1.82, 2.24) is 14.7 Å². The predicted octanol–water partition coefficient (Wildman–Crippen LogP) is 5.99. The number of ether oxygens (including phenoxy) is 1. The maximum atomic E-state index is 15.8. The maximum absolute atomic E-state index is 15.8. The van der Waals surface area contributed by atoms with E-state index in [-0.39, 0.29) is 23.4 Å². The van der Waals surface area contributed by atoms with Crippen molar-refractivity contribution < 1.29 is 18.7 Å². The van der Waals surface area contributed by atoms with Gasteiger partial charge in [-0.1, -0.05) is 31.2 Å². The van der Waals surface area contributed by atoms with Gasteiger partial charge in [0.25, 0.3) is 5.91 Å². The summed E-state index contributed by atoms with van der Waals surface area (Å²) in [6.07, 6.45) is 6.65. The summed E-state index contributed by atoms with van der Waals surface area (Å²) in [6.45, 7) is 5.43. The Morgan fingerprint density at radius 1 is 1.08 bits per heavy atom. The van der Waals surface area contributed by atoms with Gasteiger partial charge in [-0.2, -0.15) is 5.10 Å². The summed E-state index contributed by atoms with van der Waals surface area (Å²) in [5, 5.41) is 4.49. The molecule has 1 aromatic heterocycles. The molecule has 1 heterocycles. The lowest BCUT2D eigenvalue weighted by Crippen LogP contribution is -2.34. The summed E-state index contributed by atoms with van der Waals surface area (Å²) < 4.78 is 22.8. The minimum atomic E-state index is -0.508. The maximum Gasteiger partial charge on any atom is 0.341 e. The van der Waals surface area contributed by atoms with Gasteiger partial charge < -0.3 is 9.64 Å². The highest BCUT2D eigenvalue weighted by Crippen LogP contribution is 2.43. The highest BCUT2D eigenvalue weighted by Gasteiger charge is 2.33. The van der Waals surface area contributed by atoms with E-state index in [9.17, 15) is 9.59 Å². The van der Waals surface area contributed by atoms with Gasteiger partial charge in [0.05, 0.1) is 29.7 Å². The molecule has 0 aliphatic heterocycles. The summed E-state index contributed by atoms with van der Waals surface area (Å²) in [5.74, 6) is -0.336. The number of amides is 1. The molecule has 7 heteroatoms. The van der Waals surface area contributed by atoms with E-state index >= 15 is 4.39 Å². The lowest BCUT2D eigenvalue weighted by atomic mass is 10.0. The number of esters is 1. The molecule has 0 spiro atoms. The predicted molar refractivity (Wildman–Crippen MR) is 136 cm³/mol. The van der Waals surface area contributed by atoms with E-state index < -0.39 is 5.82 Å². The quantitative estimate of drug-likeness (QED) is 0.328. The molecule has 0 radical (unpaired) electrons. The highest BCUT2D eigenvalue weighted by atomic mass is 19.1. The number of carbonyl (C=O) groups is 2. The number of aromatic nitrogens is 2. The standard InChI is InChI=1S/C29H32FN3O3/c1-3-15-32(18-19-11-12-19)28(34)24-10-6-9-23(26(24)30)21-7-5-8-22(16-21)33-27(20-13-14-20)25(17-31-33)29(35)36-4-2/h5-10,16-17,19-20H,3-4,11-15,18H2,1-2H3. The molecule has 0 unspecified atom stereocenters. The van der Waals surface area contributed by atoms with Gasteiger partial charge in [-0.3, -0.25) is 4.79 Å². The number of benzene rings is 2. The van der Waals surface area contributed by atoms with Crippen LogP contribution in [0, 0.1) is 11.7 Å². The molecule has 1 amide bonds. The first-order chi connectivity index (χ1) is 17.5. The van der Waals surface area contributed by atoms with Gasteiger partial charge in [-0.15, -0.1) is 0 Å². The highest BCUT2D eigenvalue weighted by molar-refractivity contribution is 5.96. The number of hydrogen-bond donors (Lipinski definition) is 0. The molecule has 2 saturated carbocycles. The van der Waals surface area contributed by atoms with Crippen molar-refractivity contribution in [2.45, 2.75) is 51.9 Å². The fourth-order valence-electron chi connectivity index (χ4n) is 4.73. The minimum absolute atomic E-state index is 0.106. The molecule has 2 aliphatic carbocycles. The molecule has 2 aromatic carbocycles. The van der Waals surface area contributed by atoms with Gasteiger partial charge in [0.2, 0.25) is 0 Å². The van der Waals surface area contributed by atoms with Gasteiger partial charge in [0, 0.05) is 24.6 Å². The molecule has 2 fully saturated rings. The summed E-state index contributed by atoms with van der Waals surface area (Å²) in [4.78, 5) is 27.5. The fraction of sp³-hybridized carbons (Fsp3) is 0.414. The molecule has 0 saturated heterocycles. The summed E-state index contributed by atoms with van der Waals surface area (Å²) in [6, 6.07) is 12.4. The molecular weight excluding hydrogens is 457 g/mol. The lowest BCUT2D eigenvalue weighted by molar-refractivity contribution is 0.0524. The molecule has 188 valence electrons. The normalized spacial score (nSPS) is 15.1. The second-order valence-electron chi connectivity index (χ2n) is 9.76. The Kier molecular flexibility index (Phi) is 6.90. The van der Waals surface area contributed by atoms with E-state index in [0.29, 0.717) is 42.3 Å². The molecule has 5 rings (SSSR count). The zero-order chi connectivity index (χ0) is 25.2. The van der Waals surface area contributed by atoms with E-state index in [1.54, 1.807) is 40.9 Å². The molecule has 3 aromatic rings. The van der Waals surface area contributed by atoms with Gasteiger partial charge in [-0.05, 0) is 68.7 Å². The third-order valence-electron chi connectivity index (χ3n) is 6.85. The van der Waals surface area contributed by atoms with Crippen LogP contribution in [0.4, 0.5) is 4.39 Å². The van der Waals surface area contributed by atoms with Crippen molar-refractivity contribution in [1.29, 1.82) is 0 Å². The van der Waals surface area contributed by atoms with Crippen LogP contribution in [0.5, 0.6) is 0 Å². The van der Waals surface area contributed by atoms with Crippen molar-refractivity contribution in [2.75, 3.05) is 19.7 Å². The Morgan fingerprint density at radius 3 is 2.56 bits per heavy atom. The van der Waals surface area contributed by atoms with Crippen LogP contribution in [-0.2, 0) is 4.74 Å². The molecular formula is C29H32FN3O3. The zero-order valence-electron chi connectivity index (χ0n) is 20.9. The summed E-state index contributed by atoms with van der Waals surface area (Å²) in [7, 11) is 0. The van der Waals surface area contributed by atoms with Crippen molar-refractivity contribution in [3.8, 4) is 16.8 Å². The number of rotatable bonds is 10. The van der Waals surface area contributed by atoms with E-state index in [0.717, 1.165) is 43.5 Å². The van der Waals surface area contributed by atoms with Crippen molar-refractivity contribution in [3.63, 3.8) is 0 Å². The Morgan fingerprint density at radius 2 is 1.86 bits per heavy atom. The Balaban J connectivity index is 1.48. The molecule has 36 heavy (non-hydrogen) atoms. The van der Waals surface area contributed by atoms with Crippen LogP contribution in [0.1, 0.15) is 78.3 Å². The van der Waals surface area contributed by atoms with Gasteiger partial charge in [0.1, 0.15) is 11.4 Å². The number of hydrogen-bond acceptors (Lipinski definition) is 4. The van der Waals surface area contributed by atoms with E-state index in [2.05, 4.69) is 5.10 Å². The van der Waals surface area contributed by atoms with Gasteiger partial charge >= 0.3 is 5.97 Å². The number of nitrogens with zero attached hydrogens (tertiary/aromatic N) is 3. The zero-order valence-corrected chi connectivity index (χ0v) is 20.9. The summed E-state index contributed by atoms with van der Waals surface area (Å²) in [5.41, 5.74) is 3.19. The average Bonchev–Trinajstić information content (AvgIpc) is 3.83. The third-order valence-corrected chi connectivity index (χ3v) is 6.85. The topological polar surface area (TPSA) is 64.4 Å². The number of carbonyl (C=O) groups excluding carboxylic acids is 2. The molecule has 2 aliphatic rings. The van der Waals surface area contributed by atoms with E-state index in [1.165, 1.54) is 0 Å². The molecule has 6 nitrogen and oxygen atoms in total. The van der Waals surface area contributed by atoms with Crippen molar-refractivity contribution in [2.24, 2.45) is 5.92 Å². The SMILES string of the molecule is CCCN(CC1CC1)C(=O)c1cccc(-c2cccc(-n3ncc(C(=O)OCC)c3C3CC3)c2)c1F. The van der Waals surface area contributed by atoms with Crippen LogP contribution in [0.25, 0.3) is 16.8 Å². The van der Waals surface area contributed by atoms with Crippen LogP contribution in [0.3, 0.4) is 0 Å². The smallest absolute Gasteiger partial charge is 0.341 e. The largest absolute Gasteiger partial charge is 0.462 e. The second kappa shape index (κ2) is 10.2. The molecule has 0 N–H and O–H groups in total. The van der Waals surface area contributed by atoms with E-state index in [4.69, 9.17) is 4.74 Å². The average molecular weight is 490 g/mol. The Hall–Kier alpha value is -3.48. The fourth-order valence-corrected chi connectivity index (χ4v) is 4.73. The molecule has 0 atom stereocenters. The van der Waals surface area contributed by atoms with Gasteiger partial charge in [-0.25, -0.2) is 13.9 Å². The minimum Gasteiger partial charge on any atom is -0.462 e. The van der Waals surface area contributed by atoms with Crippen LogP contribution >= 0.6 is 0 Å². The molecule has 0 bridgehead atoms. The van der Waals surface area contributed by atoms with Crippen molar-refractivity contribution in [3.05, 3.63) is 71.3 Å². The Bertz CT molecular complexity index is 1280. The number of halogens is 1. The van der Waals surface area contributed by atoms with Crippen LogP contribution in [0.15, 0.2) is 48.7 Å². The monoisotopic (exact) mass is 489 g/mol. The Labute approximate surface area is 211 Å². The summed E-state index contributed by atoms with van der Waals surface area (Å²) >= 11 is 0. The van der Waals surface area contributed by atoms with Crippen LogP contribution in [-0.4, -0.2) is 46.3 Å². The van der Waals surface area contributed by atoms with Crippen LogP contribution < -0.4 is 0 Å². The van der Waals surface area contributed by atoms with Crippen molar-refractivity contribution >= 4 is 11.9 Å². The first-order valence-electron chi connectivity index (χ1n) is 12.9. The van der Waals surface area contributed by atoms with Gasteiger partial charge in [0.15, 0.2) is 0 Å². The first-order valence-corrected chi connectivity index (χ1v) is 12.9. The third kappa shape index (κ3) is 4.92. The van der Waals surface area contributed by atoms with E-state index in [1.807, 2.05) is 31.2 Å². The van der Waals surface area contributed by atoms with Crippen LogP contribution in [0.2, 0.25) is 0 Å².